The van der Waals surface area contributed by atoms with Crippen molar-refractivity contribution in [1.29, 1.82) is 0 Å². The largest absolute Gasteiger partial charge is 0.462 e. The summed E-state index contributed by atoms with van der Waals surface area (Å²) in [6, 6.07) is 15.0. The summed E-state index contributed by atoms with van der Waals surface area (Å²) in [6.07, 6.45) is 1.73. The van der Waals surface area contributed by atoms with Gasteiger partial charge in [-0.15, -0.1) is 0 Å². The summed E-state index contributed by atoms with van der Waals surface area (Å²) in [5.74, 6) is -0.970. The molecule has 0 spiro atoms. The van der Waals surface area contributed by atoms with Gasteiger partial charge >= 0.3 is 5.97 Å². The summed E-state index contributed by atoms with van der Waals surface area (Å²) in [5.41, 5.74) is 1.43. The van der Waals surface area contributed by atoms with Crippen LogP contribution in [0.1, 0.15) is 39.8 Å². The van der Waals surface area contributed by atoms with Gasteiger partial charge in [-0.25, -0.2) is 18.2 Å². The fourth-order valence-electron chi connectivity index (χ4n) is 3.25. The van der Waals surface area contributed by atoms with E-state index < -0.39 is 21.9 Å². The highest BCUT2D eigenvalue weighted by molar-refractivity contribution is 7.89. The first-order valence-electron chi connectivity index (χ1n) is 10.4. The molecule has 0 unspecified atom stereocenters. The van der Waals surface area contributed by atoms with Crippen molar-refractivity contribution in [3.8, 4) is 11.3 Å². The molecule has 1 heterocycles. The van der Waals surface area contributed by atoms with Gasteiger partial charge in [-0.1, -0.05) is 41.7 Å². The highest BCUT2D eigenvalue weighted by atomic mass is 32.2. The molecule has 1 saturated carbocycles. The van der Waals surface area contributed by atoms with Crippen LogP contribution in [-0.4, -0.2) is 49.3 Å². The number of thiazole rings is 1. The molecule has 0 bridgehead atoms. The molecule has 1 aliphatic rings. The standard InChI is InChI=1S/C23H23N3O5S2/c1-3-31-22(28)20-19(15-7-5-4-6-8-15)24-23(32-20)25-21(27)16-9-13-18(14-10-16)33(29,30)26(2)17-11-12-17/h4-10,13-14,17H,3,11-12H2,1-2H3,(H,24,25,27). The molecule has 33 heavy (non-hydrogen) atoms. The molecule has 1 amide bonds. The Balaban J connectivity index is 1.55. The van der Waals surface area contributed by atoms with E-state index in [1.54, 1.807) is 14.0 Å². The predicted molar refractivity (Wildman–Crippen MR) is 126 cm³/mol. The molecule has 0 atom stereocenters. The Morgan fingerprint density at radius 1 is 1.12 bits per heavy atom. The lowest BCUT2D eigenvalue weighted by atomic mass is 10.1. The van der Waals surface area contributed by atoms with Gasteiger partial charge in [0.2, 0.25) is 10.0 Å². The number of ether oxygens (including phenoxy) is 1. The van der Waals surface area contributed by atoms with Crippen LogP contribution >= 0.6 is 11.3 Å². The summed E-state index contributed by atoms with van der Waals surface area (Å²) in [4.78, 5) is 30.1. The van der Waals surface area contributed by atoms with Crippen LogP contribution in [0.3, 0.4) is 0 Å². The monoisotopic (exact) mass is 485 g/mol. The number of carbonyl (C=O) groups is 2. The first kappa shape index (κ1) is 23.1. The zero-order valence-corrected chi connectivity index (χ0v) is 19.8. The maximum Gasteiger partial charge on any atom is 0.350 e. The molecule has 172 valence electrons. The SMILES string of the molecule is CCOC(=O)c1sc(NC(=O)c2ccc(S(=O)(=O)N(C)C3CC3)cc2)nc1-c1ccccc1. The Bertz CT molecular complexity index is 1270. The minimum Gasteiger partial charge on any atom is -0.462 e. The lowest BCUT2D eigenvalue weighted by molar-refractivity contribution is 0.0532. The van der Waals surface area contributed by atoms with Crippen LogP contribution in [0.25, 0.3) is 11.3 Å². The molecule has 1 aliphatic carbocycles. The fourth-order valence-corrected chi connectivity index (χ4v) is 5.54. The van der Waals surface area contributed by atoms with Crippen molar-refractivity contribution in [1.82, 2.24) is 9.29 Å². The molecule has 10 heteroatoms. The molecule has 2 aromatic carbocycles. The van der Waals surface area contributed by atoms with Crippen LogP contribution < -0.4 is 5.32 Å². The summed E-state index contributed by atoms with van der Waals surface area (Å²) < 4.78 is 31.8. The van der Waals surface area contributed by atoms with Gasteiger partial charge in [0.05, 0.1) is 17.2 Å². The number of nitrogens with one attached hydrogen (secondary N) is 1. The molecule has 4 rings (SSSR count). The number of benzene rings is 2. The Labute approximate surface area is 196 Å². The average Bonchev–Trinajstić information content (AvgIpc) is 3.59. The van der Waals surface area contributed by atoms with E-state index in [0.717, 1.165) is 29.7 Å². The van der Waals surface area contributed by atoms with Crippen LogP contribution in [0, 0.1) is 0 Å². The second-order valence-electron chi connectivity index (χ2n) is 7.51. The normalized spacial score (nSPS) is 13.7. The number of hydrogen-bond acceptors (Lipinski definition) is 7. The first-order chi connectivity index (χ1) is 15.8. The van der Waals surface area contributed by atoms with E-state index in [4.69, 9.17) is 4.74 Å². The molecule has 1 N–H and O–H groups in total. The Hall–Kier alpha value is -3.08. The minimum atomic E-state index is -3.59. The maximum absolute atomic E-state index is 12.8. The zero-order valence-electron chi connectivity index (χ0n) is 18.1. The molecule has 1 aromatic heterocycles. The van der Waals surface area contributed by atoms with E-state index in [9.17, 15) is 18.0 Å². The topological polar surface area (TPSA) is 106 Å². The van der Waals surface area contributed by atoms with Crippen LogP contribution in [0.15, 0.2) is 59.5 Å². The summed E-state index contributed by atoms with van der Waals surface area (Å²) in [5, 5.41) is 2.94. The van der Waals surface area contributed by atoms with Crippen LogP contribution in [0.5, 0.6) is 0 Å². The van der Waals surface area contributed by atoms with Gasteiger partial charge < -0.3 is 4.74 Å². The van der Waals surface area contributed by atoms with Gasteiger partial charge in [-0.2, -0.15) is 4.31 Å². The summed E-state index contributed by atoms with van der Waals surface area (Å²) >= 11 is 1.03. The number of hydrogen-bond donors (Lipinski definition) is 1. The number of anilines is 1. The summed E-state index contributed by atoms with van der Waals surface area (Å²) in [7, 11) is -2.01. The summed E-state index contributed by atoms with van der Waals surface area (Å²) in [6.45, 7) is 1.94. The number of esters is 1. The lowest BCUT2D eigenvalue weighted by Gasteiger charge is -2.16. The highest BCUT2D eigenvalue weighted by Crippen LogP contribution is 2.33. The van der Waals surface area contributed by atoms with Crippen molar-refractivity contribution >= 4 is 38.4 Å². The van der Waals surface area contributed by atoms with E-state index in [1.807, 2.05) is 30.3 Å². The van der Waals surface area contributed by atoms with E-state index in [2.05, 4.69) is 10.3 Å². The number of aromatic nitrogens is 1. The van der Waals surface area contributed by atoms with Crippen molar-refractivity contribution in [2.45, 2.75) is 30.7 Å². The zero-order chi connectivity index (χ0) is 23.6. The smallest absolute Gasteiger partial charge is 0.350 e. The van der Waals surface area contributed by atoms with Crippen LogP contribution in [-0.2, 0) is 14.8 Å². The van der Waals surface area contributed by atoms with E-state index in [1.165, 1.54) is 28.6 Å². The van der Waals surface area contributed by atoms with Crippen molar-refractivity contribution in [3.05, 3.63) is 65.0 Å². The van der Waals surface area contributed by atoms with Gasteiger partial charge in [0, 0.05) is 24.2 Å². The third-order valence-electron chi connectivity index (χ3n) is 5.21. The Morgan fingerprint density at radius 3 is 2.39 bits per heavy atom. The molecule has 1 fully saturated rings. The molecular weight excluding hydrogens is 462 g/mol. The molecule has 8 nitrogen and oxygen atoms in total. The van der Waals surface area contributed by atoms with E-state index >= 15 is 0 Å². The number of amides is 1. The van der Waals surface area contributed by atoms with Crippen molar-refractivity contribution < 1.29 is 22.7 Å². The second-order valence-corrected chi connectivity index (χ2v) is 10.5. The second kappa shape index (κ2) is 9.42. The van der Waals surface area contributed by atoms with Crippen molar-refractivity contribution in [2.75, 3.05) is 19.0 Å². The third kappa shape index (κ3) is 4.97. The molecule has 0 aliphatic heterocycles. The van der Waals surface area contributed by atoms with Crippen LogP contribution in [0.4, 0.5) is 5.13 Å². The van der Waals surface area contributed by atoms with Crippen molar-refractivity contribution in [2.24, 2.45) is 0 Å². The highest BCUT2D eigenvalue weighted by Gasteiger charge is 2.35. The lowest BCUT2D eigenvalue weighted by Crippen LogP contribution is -2.29. The Kier molecular flexibility index (Phi) is 6.59. The third-order valence-corrected chi connectivity index (χ3v) is 8.09. The number of sulfonamides is 1. The van der Waals surface area contributed by atoms with E-state index in [-0.39, 0.29) is 28.2 Å². The van der Waals surface area contributed by atoms with Gasteiger partial charge in [0.15, 0.2) is 5.13 Å². The molecule has 0 saturated heterocycles. The van der Waals surface area contributed by atoms with Crippen molar-refractivity contribution in [3.63, 3.8) is 0 Å². The van der Waals surface area contributed by atoms with Gasteiger partial charge in [-0.3, -0.25) is 10.1 Å². The van der Waals surface area contributed by atoms with Gasteiger partial charge in [0.1, 0.15) is 4.88 Å². The first-order valence-corrected chi connectivity index (χ1v) is 12.7. The van der Waals surface area contributed by atoms with Crippen LogP contribution in [0.2, 0.25) is 0 Å². The Morgan fingerprint density at radius 2 is 1.79 bits per heavy atom. The predicted octanol–water partition coefficient (Wildman–Crippen LogP) is 4.02. The molecule has 0 radical (unpaired) electrons. The minimum absolute atomic E-state index is 0.0512. The molecule has 3 aromatic rings. The van der Waals surface area contributed by atoms with E-state index in [0.29, 0.717) is 10.6 Å². The number of rotatable bonds is 8. The molecular formula is C23H23N3O5S2. The average molecular weight is 486 g/mol. The fraction of sp³-hybridized carbons (Fsp3) is 0.261. The number of nitrogens with zero attached hydrogens (tertiary/aromatic N) is 2. The number of carbonyl (C=O) groups excluding carboxylic acids is 2. The van der Waals surface area contributed by atoms with Gasteiger partial charge in [-0.05, 0) is 44.0 Å². The quantitative estimate of drug-likeness (QED) is 0.483. The van der Waals surface area contributed by atoms with Gasteiger partial charge in [0.25, 0.3) is 5.91 Å². The maximum atomic E-state index is 12.8.